The highest BCUT2D eigenvalue weighted by atomic mass is 79.9. The highest BCUT2D eigenvalue weighted by molar-refractivity contribution is 9.10. The van der Waals surface area contributed by atoms with Gasteiger partial charge in [0.1, 0.15) is 5.75 Å². The van der Waals surface area contributed by atoms with Crippen LogP contribution in [0.2, 0.25) is 0 Å². The molecule has 0 aliphatic carbocycles. The number of ether oxygens (including phenoxy) is 1. The topological polar surface area (TPSA) is 63.8 Å². The highest BCUT2D eigenvalue weighted by Crippen LogP contribution is 2.23. The third-order valence-corrected chi connectivity index (χ3v) is 3.23. The Morgan fingerprint density at radius 1 is 1.36 bits per heavy atom. The lowest BCUT2D eigenvalue weighted by molar-refractivity contribution is 0.162. The van der Waals surface area contributed by atoms with E-state index in [-0.39, 0.29) is 5.75 Å². The standard InChI is InChI=1S/C16H15BrN2O3/c1-2-22-16(21)18-14-6-9-19(10-7-14)8-5-12-11-13(17)3-4-15(12)20/h3-11,20H,2H2,1H3. The number of nitrogens with zero attached hydrogens (tertiary/aromatic N) is 2. The molecule has 0 aliphatic heterocycles. The molecule has 0 saturated carbocycles. The first-order chi connectivity index (χ1) is 10.6. The zero-order chi connectivity index (χ0) is 15.9. The van der Waals surface area contributed by atoms with E-state index in [0.29, 0.717) is 17.5 Å². The molecule has 5 nitrogen and oxygen atoms in total. The zero-order valence-electron chi connectivity index (χ0n) is 11.9. The number of phenolic OH excluding ortho intramolecular Hbond substituents is 1. The molecule has 0 radical (unpaired) electrons. The summed E-state index contributed by atoms with van der Waals surface area (Å²) in [5.74, 6) is 0.203. The van der Waals surface area contributed by atoms with E-state index in [9.17, 15) is 9.90 Å². The van der Waals surface area contributed by atoms with Crippen molar-refractivity contribution in [1.82, 2.24) is 4.57 Å². The summed E-state index contributed by atoms with van der Waals surface area (Å²) in [5.41, 5.74) is 0.696. The largest absolute Gasteiger partial charge is 0.507 e. The molecule has 0 saturated heterocycles. The van der Waals surface area contributed by atoms with Crippen LogP contribution in [0.5, 0.6) is 5.75 Å². The summed E-state index contributed by atoms with van der Waals surface area (Å²) in [5, 5.41) is 10.3. The molecule has 1 heterocycles. The Morgan fingerprint density at radius 2 is 2.09 bits per heavy atom. The molecule has 0 aliphatic rings. The van der Waals surface area contributed by atoms with E-state index in [1.54, 1.807) is 60.4 Å². The zero-order valence-corrected chi connectivity index (χ0v) is 13.5. The van der Waals surface area contributed by atoms with Crippen molar-refractivity contribution in [2.24, 2.45) is 4.99 Å². The quantitative estimate of drug-likeness (QED) is 0.906. The van der Waals surface area contributed by atoms with Crippen LogP contribution in [0.4, 0.5) is 4.79 Å². The molecule has 1 aromatic carbocycles. The third-order valence-electron chi connectivity index (χ3n) is 2.74. The number of amides is 1. The van der Waals surface area contributed by atoms with Gasteiger partial charge in [-0.3, -0.25) is 0 Å². The maximum Gasteiger partial charge on any atom is 0.434 e. The minimum atomic E-state index is -0.602. The lowest BCUT2D eigenvalue weighted by atomic mass is 10.2. The Labute approximate surface area is 136 Å². The summed E-state index contributed by atoms with van der Waals surface area (Å²) in [7, 11) is 0. The number of aromatic nitrogens is 1. The number of phenols is 1. The van der Waals surface area contributed by atoms with E-state index in [4.69, 9.17) is 4.74 Å². The molecule has 1 N–H and O–H groups in total. The summed E-state index contributed by atoms with van der Waals surface area (Å²) in [6, 6.07) is 8.60. The van der Waals surface area contributed by atoms with Gasteiger partial charge < -0.3 is 14.4 Å². The van der Waals surface area contributed by atoms with Crippen molar-refractivity contribution in [3.8, 4) is 5.75 Å². The summed E-state index contributed by atoms with van der Waals surface area (Å²) in [6.45, 7) is 2.03. The van der Waals surface area contributed by atoms with Crippen molar-refractivity contribution in [2.45, 2.75) is 6.92 Å². The van der Waals surface area contributed by atoms with E-state index in [1.165, 1.54) is 0 Å². The fourth-order valence-electron chi connectivity index (χ4n) is 1.69. The molecular formula is C16H15BrN2O3. The SMILES string of the molecule is CCOC(=O)N=c1ccn(C=Cc2cc(Br)ccc2O)cc1. The molecule has 22 heavy (non-hydrogen) atoms. The summed E-state index contributed by atoms with van der Waals surface area (Å²) < 4.78 is 7.42. The predicted molar refractivity (Wildman–Crippen MR) is 88.0 cm³/mol. The van der Waals surface area contributed by atoms with Crippen LogP contribution in [0.1, 0.15) is 12.5 Å². The molecule has 1 amide bonds. The second kappa shape index (κ2) is 7.61. The van der Waals surface area contributed by atoms with Crippen LogP contribution in [-0.2, 0) is 4.74 Å². The number of carbonyl (C=O) groups excluding carboxylic acids is 1. The molecule has 0 unspecified atom stereocenters. The maximum atomic E-state index is 11.2. The van der Waals surface area contributed by atoms with Crippen LogP contribution in [0.3, 0.4) is 0 Å². The van der Waals surface area contributed by atoms with Crippen LogP contribution in [0, 0.1) is 0 Å². The first kappa shape index (κ1) is 16.0. The van der Waals surface area contributed by atoms with Gasteiger partial charge in [-0.25, -0.2) is 4.79 Å². The fourth-order valence-corrected chi connectivity index (χ4v) is 2.07. The number of hydrogen-bond acceptors (Lipinski definition) is 3. The van der Waals surface area contributed by atoms with Gasteiger partial charge in [-0.05, 0) is 43.3 Å². The van der Waals surface area contributed by atoms with E-state index in [2.05, 4.69) is 20.9 Å². The van der Waals surface area contributed by atoms with Crippen molar-refractivity contribution in [3.05, 3.63) is 58.1 Å². The molecule has 0 atom stereocenters. The van der Waals surface area contributed by atoms with E-state index in [0.717, 1.165) is 4.47 Å². The highest BCUT2D eigenvalue weighted by Gasteiger charge is 1.98. The minimum absolute atomic E-state index is 0.203. The normalized spacial score (nSPS) is 10.6. The second-order valence-corrected chi connectivity index (χ2v) is 5.25. The number of benzene rings is 1. The number of carbonyl (C=O) groups is 1. The first-order valence-electron chi connectivity index (χ1n) is 6.64. The number of rotatable bonds is 3. The van der Waals surface area contributed by atoms with Crippen LogP contribution < -0.4 is 5.36 Å². The molecule has 0 spiro atoms. The van der Waals surface area contributed by atoms with E-state index < -0.39 is 6.09 Å². The van der Waals surface area contributed by atoms with Crippen molar-refractivity contribution in [1.29, 1.82) is 0 Å². The van der Waals surface area contributed by atoms with Gasteiger partial charge in [-0.1, -0.05) is 15.9 Å². The number of hydrogen-bond donors (Lipinski definition) is 1. The predicted octanol–water partition coefficient (Wildman–Crippen LogP) is 3.64. The number of aromatic hydroxyl groups is 1. The third kappa shape index (κ3) is 4.60. The van der Waals surface area contributed by atoms with E-state index >= 15 is 0 Å². The van der Waals surface area contributed by atoms with Gasteiger partial charge in [-0.15, -0.1) is 0 Å². The van der Waals surface area contributed by atoms with E-state index in [1.807, 2.05) is 6.07 Å². The molecule has 1 aromatic heterocycles. The average Bonchev–Trinajstić information content (AvgIpc) is 2.50. The Bertz CT molecular complexity index is 746. The van der Waals surface area contributed by atoms with Gasteiger partial charge in [0.2, 0.25) is 0 Å². The van der Waals surface area contributed by atoms with Crippen molar-refractivity contribution in [3.63, 3.8) is 0 Å². The van der Waals surface area contributed by atoms with Gasteiger partial charge in [0.15, 0.2) is 0 Å². The fraction of sp³-hybridized carbons (Fsp3) is 0.125. The molecular weight excluding hydrogens is 348 g/mol. The molecule has 6 heteroatoms. The lowest BCUT2D eigenvalue weighted by Crippen LogP contribution is -2.08. The molecule has 0 fully saturated rings. The van der Waals surface area contributed by atoms with Crippen LogP contribution in [0.15, 0.2) is 52.2 Å². The van der Waals surface area contributed by atoms with Crippen molar-refractivity contribution in [2.75, 3.05) is 6.61 Å². The number of halogens is 1. The van der Waals surface area contributed by atoms with Crippen LogP contribution >= 0.6 is 15.9 Å². The second-order valence-electron chi connectivity index (χ2n) is 4.33. The van der Waals surface area contributed by atoms with Gasteiger partial charge >= 0.3 is 6.09 Å². The molecule has 2 rings (SSSR count). The van der Waals surface area contributed by atoms with Crippen molar-refractivity contribution < 1.29 is 14.6 Å². The monoisotopic (exact) mass is 362 g/mol. The molecule has 0 bridgehead atoms. The minimum Gasteiger partial charge on any atom is -0.507 e. The summed E-state index contributed by atoms with van der Waals surface area (Å²) in [6.07, 6.45) is 6.47. The van der Waals surface area contributed by atoms with Gasteiger partial charge in [0.05, 0.1) is 12.0 Å². The van der Waals surface area contributed by atoms with Crippen LogP contribution in [-0.4, -0.2) is 22.4 Å². The number of pyridine rings is 1. The average molecular weight is 363 g/mol. The smallest absolute Gasteiger partial charge is 0.434 e. The maximum absolute atomic E-state index is 11.2. The molecule has 2 aromatic rings. The Hall–Kier alpha value is -2.34. The Balaban J connectivity index is 2.16. The molecule has 114 valence electrons. The first-order valence-corrected chi connectivity index (χ1v) is 7.44. The van der Waals surface area contributed by atoms with Crippen molar-refractivity contribution >= 4 is 34.3 Å². The summed E-state index contributed by atoms with van der Waals surface area (Å²) >= 11 is 3.36. The van der Waals surface area contributed by atoms with Gasteiger partial charge in [0, 0.05) is 28.6 Å². The van der Waals surface area contributed by atoms with Crippen LogP contribution in [0.25, 0.3) is 12.3 Å². The lowest BCUT2D eigenvalue weighted by Gasteiger charge is -2.01. The van der Waals surface area contributed by atoms with Gasteiger partial charge in [-0.2, -0.15) is 4.99 Å². The Kier molecular flexibility index (Phi) is 5.55. The Morgan fingerprint density at radius 3 is 2.77 bits per heavy atom. The summed E-state index contributed by atoms with van der Waals surface area (Å²) in [4.78, 5) is 15.0. The van der Waals surface area contributed by atoms with Gasteiger partial charge in [0.25, 0.3) is 0 Å².